The summed E-state index contributed by atoms with van der Waals surface area (Å²) in [4.78, 5) is 1.84. The SMILES string of the molecule is CCCC1CCN(c2c(F)cc(B3OC(C)(C)C(C)(C)O3)cc2F)CC1. The van der Waals surface area contributed by atoms with Crippen molar-refractivity contribution in [2.24, 2.45) is 5.92 Å². The first kappa shape index (κ1) is 19.6. The number of nitrogens with zero attached hydrogens (tertiary/aromatic N) is 1. The van der Waals surface area contributed by atoms with E-state index in [0.717, 1.165) is 19.3 Å². The zero-order valence-corrected chi connectivity index (χ0v) is 16.6. The molecule has 0 aromatic heterocycles. The van der Waals surface area contributed by atoms with Crippen molar-refractivity contribution in [3.8, 4) is 0 Å². The highest BCUT2D eigenvalue weighted by Crippen LogP contribution is 2.37. The Hall–Kier alpha value is -1.14. The topological polar surface area (TPSA) is 21.7 Å². The number of piperidine rings is 1. The molecule has 0 bridgehead atoms. The lowest BCUT2D eigenvalue weighted by Gasteiger charge is -2.34. The van der Waals surface area contributed by atoms with E-state index in [1.165, 1.54) is 18.6 Å². The smallest absolute Gasteiger partial charge is 0.399 e. The maximum Gasteiger partial charge on any atom is 0.495 e. The second-order valence-corrected chi connectivity index (χ2v) is 8.64. The summed E-state index contributed by atoms with van der Waals surface area (Å²) in [6.07, 6.45) is 4.34. The summed E-state index contributed by atoms with van der Waals surface area (Å²) in [7, 11) is -0.756. The van der Waals surface area contributed by atoms with Crippen LogP contribution in [0.1, 0.15) is 60.3 Å². The lowest BCUT2D eigenvalue weighted by Crippen LogP contribution is -2.41. The Morgan fingerprint density at radius 2 is 1.54 bits per heavy atom. The molecule has 1 aromatic carbocycles. The van der Waals surface area contributed by atoms with E-state index in [4.69, 9.17) is 9.31 Å². The highest BCUT2D eigenvalue weighted by atomic mass is 19.1. The molecule has 3 nitrogen and oxygen atoms in total. The maximum atomic E-state index is 14.8. The summed E-state index contributed by atoms with van der Waals surface area (Å²) in [6, 6.07) is 2.72. The zero-order valence-electron chi connectivity index (χ0n) is 16.6. The predicted molar refractivity (Wildman–Crippen MR) is 102 cm³/mol. The molecule has 0 unspecified atom stereocenters. The van der Waals surface area contributed by atoms with Gasteiger partial charge in [0.1, 0.15) is 17.3 Å². The summed E-state index contributed by atoms with van der Waals surface area (Å²) in [5.41, 5.74) is -0.599. The van der Waals surface area contributed by atoms with Crippen molar-refractivity contribution < 1.29 is 18.1 Å². The van der Waals surface area contributed by atoms with Crippen molar-refractivity contribution in [2.75, 3.05) is 18.0 Å². The number of hydrogen-bond donors (Lipinski definition) is 0. The van der Waals surface area contributed by atoms with E-state index in [1.807, 2.05) is 32.6 Å². The van der Waals surface area contributed by atoms with Crippen LogP contribution in [-0.4, -0.2) is 31.4 Å². The fourth-order valence-corrected chi connectivity index (χ4v) is 3.86. The van der Waals surface area contributed by atoms with Gasteiger partial charge in [0.25, 0.3) is 0 Å². The predicted octanol–water partition coefficient (Wildman–Crippen LogP) is 4.28. The lowest BCUT2D eigenvalue weighted by atomic mass is 9.78. The minimum Gasteiger partial charge on any atom is -0.399 e. The van der Waals surface area contributed by atoms with Gasteiger partial charge in [-0.25, -0.2) is 8.78 Å². The second kappa shape index (κ2) is 7.12. The molecule has 2 aliphatic rings. The molecule has 0 radical (unpaired) electrons. The third-order valence-electron chi connectivity index (χ3n) is 6.19. The van der Waals surface area contributed by atoms with Gasteiger partial charge in [-0.05, 0) is 64.1 Å². The fourth-order valence-electron chi connectivity index (χ4n) is 3.86. The van der Waals surface area contributed by atoms with Crippen LogP contribution in [0.2, 0.25) is 0 Å². The summed E-state index contributed by atoms with van der Waals surface area (Å²) in [5, 5.41) is 0. The van der Waals surface area contributed by atoms with Crippen LogP contribution in [0.5, 0.6) is 0 Å². The molecule has 26 heavy (non-hydrogen) atoms. The molecular formula is C20H30BF2NO2. The third-order valence-corrected chi connectivity index (χ3v) is 6.19. The molecule has 0 saturated carbocycles. The van der Waals surface area contributed by atoms with Crippen LogP contribution in [0.25, 0.3) is 0 Å². The van der Waals surface area contributed by atoms with Gasteiger partial charge in [-0.3, -0.25) is 0 Å². The highest BCUT2D eigenvalue weighted by molar-refractivity contribution is 6.62. The molecular weight excluding hydrogens is 335 g/mol. The molecule has 6 heteroatoms. The molecule has 3 rings (SSSR count). The number of anilines is 1. The van der Waals surface area contributed by atoms with Gasteiger partial charge in [0.15, 0.2) is 0 Å². The van der Waals surface area contributed by atoms with E-state index in [9.17, 15) is 8.78 Å². The largest absolute Gasteiger partial charge is 0.495 e. The van der Waals surface area contributed by atoms with E-state index < -0.39 is 30.0 Å². The van der Waals surface area contributed by atoms with E-state index >= 15 is 0 Å². The first-order valence-electron chi connectivity index (χ1n) is 9.74. The Bertz CT molecular complexity index is 618. The van der Waals surface area contributed by atoms with Crippen molar-refractivity contribution in [1.29, 1.82) is 0 Å². The Labute approximate surface area is 156 Å². The molecule has 0 spiro atoms. The van der Waals surface area contributed by atoms with Crippen molar-refractivity contribution in [3.05, 3.63) is 23.8 Å². The minimum atomic E-state index is -0.756. The quantitative estimate of drug-likeness (QED) is 0.744. The van der Waals surface area contributed by atoms with Gasteiger partial charge < -0.3 is 14.2 Å². The van der Waals surface area contributed by atoms with Crippen molar-refractivity contribution in [2.45, 2.75) is 71.5 Å². The van der Waals surface area contributed by atoms with Gasteiger partial charge in [-0.2, -0.15) is 0 Å². The van der Waals surface area contributed by atoms with Gasteiger partial charge in [0.2, 0.25) is 0 Å². The molecule has 1 aromatic rings. The Morgan fingerprint density at radius 3 is 2.00 bits per heavy atom. The molecule has 2 heterocycles. The minimum absolute atomic E-state index is 0.0835. The van der Waals surface area contributed by atoms with E-state index in [-0.39, 0.29) is 5.69 Å². The Morgan fingerprint density at radius 1 is 1.04 bits per heavy atom. The molecule has 2 aliphatic heterocycles. The van der Waals surface area contributed by atoms with Crippen LogP contribution in [0.4, 0.5) is 14.5 Å². The third kappa shape index (κ3) is 3.63. The molecule has 2 saturated heterocycles. The number of halogens is 2. The van der Waals surface area contributed by atoms with Gasteiger partial charge in [-0.15, -0.1) is 0 Å². The van der Waals surface area contributed by atoms with Gasteiger partial charge >= 0.3 is 7.12 Å². The van der Waals surface area contributed by atoms with Crippen molar-refractivity contribution >= 4 is 18.3 Å². The lowest BCUT2D eigenvalue weighted by molar-refractivity contribution is 0.00578. The van der Waals surface area contributed by atoms with Gasteiger partial charge in [0.05, 0.1) is 11.2 Å². The van der Waals surface area contributed by atoms with Crippen molar-refractivity contribution in [1.82, 2.24) is 0 Å². The average molecular weight is 365 g/mol. The molecule has 0 amide bonds. The van der Waals surface area contributed by atoms with Crippen LogP contribution in [-0.2, 0) is 9.31 Å². The van der Waals surface area contributed by atoms with Gasteiger partial charge in [0, 0.05) is 13.1 Å². The number of hydrogen-bond acceptors (Lipinski definition) is 3. The number of rotatable bonds is 4. The normalized spacial score (nSPS) is 22.9. The molecule has 2 fully saturated rings. The van der Waals surface area contributed by atoms with Crippen molar-refractivity contribution in [3.63, 3.8) is 0 Å². The fraction of sp³-hybridized carbons (Fsp3) is 0.700. The monoisotopic (exact) mass is 365 g/mol. The maximum absolute atomic E-state index is 14.8. The zero-order chi connectivity index (χ0) is 19.1. The van der Waals surface area contributed by atoms with E-state index in [2.05, 4.69) is 6.92 Å². The summed E-state index contributed by atoms with van der Waals surface area (Å²) in [5.74, 6) is -0.404. The van der Waals surface area contributed by atoms with Gasteiger partial charge in [-0.1, -0.05) is 19.8 Å². The summed E-state index contributed by atoms with van der Waals surface area (Å²) in [6.45, 7) is 11.3. The molecule has 0 N–H and O–H groups in total. The summed E-state index contributed by atoms with van der Waals surface area (Å²) >= 11 is 0. The van der Waals surface area contributed by atoms with Crippen LogP contribution in [0.3, 0.4) is 0 Å². The van der Waals surface area contributed by atoms with E-state index in [1.54, 1.807) is 0 Å². The standard InChI is InChI=1S/C20H30BF2NO2/c1-6-7-14-8-10-24(11-9-14)18-16(22)12-15(13-17(18)23)21-25-19(2,3)20(4,5)26-21/h12-14H,6-11H2,1-5H3. The van der Waals surface area contributed by atoms with Crippen LogP contribution in [0, 0.1) is 17.6 Å². The second-order valence-electron chi connectivity index (χ2n) is 8.64. The first-order valence-corrected chi connectivity index (χ1v) is 9.74. The first-order chi connectivity index (χ1) is 12.1. The molecule has 0 aliphatic carbocycles. The highest BCUT2D eigenvalue weighted by Gasteiger charge is 2.52. The Kier molecular flexibility index (Phi) is 5.37. The molecule has 0 atom stereocenters. The van der Waals surface area contributed by atoms with Crippen LogP contribution in [0.15, 0.2) is 12.1 Å². The van der Waals surface area contributed by atoms with Crippen LogP contribution >= 0.6 is 0 Å². The average Bonchev–Trinajstić information content (AvgIpc) is 2.77. The van der Waals surface area contributed by atoms with E-state index in [0.29, 0.717) is 24.5 Å². The number of benzene rings is 1. The molecule has 144 valence electrons. The summed E-state index contributed by atoms with van der Waals surface area (Å²) < 4.78 is 41.4. The van der Waals surface area contributed by atoms with Crippen LogP contribution < -0.4 is 10.4 Å². The Balaban J connectivity index is 1.78.